The molecule has 6 nitrogen and oxygen atoms in total. The summed E-state index contributed by atoms with van der Waals surface area (Å²) in [7, 11) is 0. The van der Waals surface area contributed by atoms with Crippen LogP contribution in [0.3, 0.4) is 0 Å². The number of hydrogen-bond acceptors (Lipinski definition) is 6. The number of carbonyl (C=O) groups excluding carboxylic acids is 1. The van der Waals surface area contributed by atoms with E-state index >= 15 is 0 Å². The molecular weight excluding hydrogens is 364 g/mol. The van der Waals surface area contributed by atoms with Gasteiger partial charge in [-0.25, -0.2) is 9.78 Å². The van der Waals surface area contributed by atoms with Gasteiger partial charge in [-0.05, 0) is 25.0 Å². The summed E-state index contributed by atoms with van der Waals surface area (Å²) in [6.45, 7) is 7.18. The maximum Gasteiger partial charge on any atom is 0.340 e. The number of aromatic nitrogens is 2. The summed E-state index contributed by atoms with van der Waals surface area (Å²) in [5.74, 6) is 1.23. The molecule has 6 heteroatoms. The third-order valence-corrected chi connectivity index (χ3v) is 4.16. The summed E-state index contributed by atoms with van der Waals surface area (Å²) >= 11 is 0. The minimum atomic E-state index is -0.382. The van der Waals surface area contributed by atoms with Gasteiger partial charge >= 0.3 is 5.97 Å². The summed E-state index contributed by atoms with van der Waals surface area (Å²) in [5.41, 5.74) is 2.83. The molecule has 0 aliphatic rings. The van der Waals surface area contributed by atoms with E-state index in [9.17, 15) is 4.79 Å². The lowest BCUT2D eigenvalue weighted by Gasteiger charge is -2.14. The summed E-state index contributed by atoms with van der Waals surface area (Å²) in [6.07, 6.45) is 0. The molecule has 0 bridgehead atoms. The molecule has 0 atom stereocenters. The van der Waals surface area contributed by atoms with Gasteiger partial charge in [0.15, 0.2) is 0 Å². The second-order valence-electron chi connectivity index (χ2n) is 6.99. The fourth-order valence-corrected chi connectivity index (χ4v) is 2.76. The van der Waals surface area contributed by atoms with Gasteiger partial charge in [0, 0.05) is 18.2 Å². The molecule has 0 saturated carbocycles. The maximum absolute atomic E-state index is 12.3. The molecule has 1 aromatic heterocycles. The molecule has 150 valence electrons. The van der Waals surface area contributed by atoms with E-state index in [2.05, 4.69) is 34.4 Å². The van der Waals surface area contributed by atoms with Crippen molar-refractivity contribution in [2.45, 2.75) is 20.8 Å². The standard InChI is InChI=1S/C23H26N4O2/c1-4-29-22(28)18-12-8-9-13-19(18)25-23-26-20(17-10-6-5-7-11-17)14-21(27-23)24-15-16(2)3/h5-14,16H,4,15H2,1-3H3,(H2,24,25,26,27). The SMILES string of the molecule is CCOC(=O)c1ccccc1Nc1nc(NCC(C)C)cc(-c2ccccc2)n1. The number of ether oxygens (including phenoxy) is 1. The minimum absolute atomic E-state index is 0.316. The van der Waals surface area contributed by atoms with E-state index in [-0.39, 0.29) is 5.97 Å². The number of rotatable bonds is 8. The summed E-state index contributed by atoms with van der Waals surface area (Å²) in [5, 5.41) is 6.54. The number of hydrogen-bond donors (Lipinski definition) is 2. The highest BCUT2D eigenvalue weighted by Gasteiger charge is 2.14. The Morgan fingerprint density at radius 3 is 2.48 bits per heavy atom. The average Bonchev–Trinajstić information content (AvgIpc) is 2.73. The number of nitrogens with zero attached hydrogens (tertiary/aromatic N) is 2. The monoisotopic (exact) mass is 390 g/mol. The number of esters is 1. The van der Waals surface area contributed by atoms with Gasteiger partial charge in [-0.15, -0.1) is 0 Å². The first-order valence-electron chi connectivity index (χ1n) is 9.78. The van der Waals surface area contributed by atoms with Crippen LogP contribution in [0.1, 0.15) is 31.1 Å². The maximum atomic E-state index is 12.3. The van der Waals surface area contributed by atoms with Crippen LogP contribution in [0.5, 0.6) is 0 Å². The summed E-state index contributed by atoms with van der Waals surface area (Å²) in [4.78, 5) is 21.5. The molecule has 2 aromatic carbocycles. The molecule has 3 aromatic rings. The Hall–Kier alpha value is -3.41. The van der Waals surface area contributed by atoms with Gasteiger partial charge < -0.3 is 15.4 Å². The first-order chi connectivity index (χ1) is 14.1. The molecule has 0 amide bonds. The smallest absolute Gasteiger partial charge is 0.340 e. The molecule has 0 aliphatic heterocycles. The number of para-hydroxylation sites is 1. The van der Waals surface area contributed by atoms with E-state index in [4.69, 9.17) is 4.74 Å². The van der Waals surface area contributed by atoms with Crippen molar-refractivity contribution in [2.24, 2.45) is 5.92 Å². The Bertz CT molecular complexity index is 958. The van der Waals surface area contributed by atoms with Crippen molar-refractivity contribution >= 4 is 23.4 Å². The van der Waals surface area contributed by atoms with Crippen LogP contribution in [-0.4, -0.2) is 29.1 Å². The van der Waals surface area contributed by atoms with Gasteiger partial charge in [0.2, 0.25) is 5.95 Å². The molecule has 0 spiro atoms. The van der Waals surface area contributed by atoms with Crippen LogP contribution in [0.25, 0.3) is 11.3 Å². The number of benzene rings is 2. The Morgan fingerprint density at radius 1 is 1.03 bits per heavy atom. The van der Waals surface area contributed by atoms with Crippen molar-refractivity contribution in [3.8, 4) is 11.3 Å². The van der Waals surface area contributed by atoms with Crippen molar-refractivity contribution in [3.63, 3.8) is 0 Å². The third-order valence-electron chi connectivity index (χ3n) is 4.16. The molecule has 0 radical (unpaired) electrons. The molecule has 3 rings (SSSR count). The Morgan fingerprint density at radius 2 is 1.76 bits per heavy atom. The molecule has 0 saturated heterocycles. The van der Waals surface area contributed by atoms with E-state index in [0.717, 1.165) is 23.6 Å². The largest absolute Gasteiger partial charge is 0.462 e. The average molecular weight is 390 g/mol. The topological polar surface area (TPSA) is 76.1 Å². The van der Waals surface area contributed by atoms with E-state index in [1.807, 2.05) is 48.5 Å². The van der Waals surface area contributed by atoms with Crippen LogP contribution in [0.4, 0.5) is 17.5 Å². The van der Waals surface area contributed by atoms with E-state index in [1.54, 1.807) is 19.1 Å². The van der Waals surface area contributed by atoms with Crippen molar-refractivity contribution in [1.29, 1.82) is 0 Å². The van der Waals surface area contributed by atoms with E-state index in [0.29, 0.717) is 29.7 Å². The molecule has 29 heavy (non-hydrogen) atoms. The lowest BCUT2D eigenvalue weighted by atomic mass is 10.1. The van der Waals surface area contributed by atoms with Gasteiger partial charge in [-0.1, -0.05) is 56.3 Å². The van der Waals surface area contributed by atoms with Gasteiger partial charge in [0.1, 0.15) is 5.82 Å². The summed E-state index contributed by atoms with van der Waals surface area (Å²) in [6, 6.07) is 19.0. The molecular formula is C23H26N4O2. The number of nitrogens with one attached hydrogen (secondary N) is 2. The molecule has 0 aliphatic carbocycles. The van der Waals surface area contributed by atoms with Crippen molar-refractivity contribution in [2.75, 3.05) is 23.8 Å². The van der Waals surface area contributed by atoms with Crippen molar-refractivity contribution in [3.05, 3.63) is 66.2 Å². The van der Waals surface area contributed by atoms with E-state index < -0.39 is 0 Å². The van der Waals surface area contributed by atoms with E-state index in [1.165, 1.54) is 0 Å². The number of anilines is 3. The lowest BCUT2D eigenvalue weighted by molar-refractivity contribution is 0.0527. The van der Waals surface area contributed by atoms with Gasteiger partial charge in [-0.3, -0.25) is 0 Å². The van der Waals surface area contributed by atoms with Crippen LogP contribution in [0.15, 0.2) is 60.7 Å². The zero-order valence-electron chi connectivity index (χ0n) is 17.0. The highest BCUT2D eigenvalue weighted by atomic mass is 16.5. The fraction of sp³-hybridized carbons (Fsp3) is 0.261. The van der Waals surface area contributed by atoms with Gasteiger partial charge in [0.05, 0.1) is 23.6 Å². The first kappa shape index (κ1) is 20.3. The Balaban J connectivity index is 1.96. The molecule has 1 heterocycles. The molecule has 2 N–H and O–H groups in total. The highest BCUT2D eigenvalue weighted by molar-refractivity contribution is 5.96. The quantitative estimate of drug-likeness (QED) is 0.519. The van der Waals surface area contributed by atoms with Gasteiger partial charge in [0.25, 0.3) is 0 Å². The van der Waals surface area contributed by atoms with Crippen LogP contribution in [-0.2, 0) is 4.74 Å². The molecule has 0 fully saturated rings. The first-order valence-corrected chi connectivity index (χ1v) is 9.78. The van der Waals surface area contributed by atoms with Crippen molar-refractivity contribution < 1.29 is 9.53 Å². The zero-order chi connectivity index (χ0) is 20.6. The predicted molar refractivity (Wildman–Crippen MR) is 116 cm³/mol. The van der Waals surface area contributed by atoms with Crippen LogP contribution in [0, 0.1) is 5.92 Å². The highest BCUT2D eigenvalue weighted by Crippen LogP contribution is 2.25. The zero-order valence-corrected chi connectivity index (χ0v) is 17.0. The second-order valence-corrected chi connectivity index (χ2v) is 6.99. The fourth-order valence-electron chi connectivity index (χ4n) is 2.76. The molecule has 0 unspecified atom stereocenters. The van der Waals surface area contributed by atoms with Crippen molar-refractivity contribution in [1.82, 2.24) is 9.97 Å². The lowest BCUT2D eigenvalue weighted by Crippen LogP contribution is -2.12. The normalized spacial score (nSPS) is 10.6. The van der Waals surface area contributed by atoms with Gasteiger partial charge in [-0.2, -0.15) is 4.98 Å². The number of carbonyl (C=O) groups is 1. The van der Waals surface area contributed by atoms with Crippen LogP contribution >= 0.6 is 0 Å². The summed E-state index contributed by atoms with van der Waals surface area (Å²) < 4.78 is 5.16. The third kappa shape index (κ3) is 5.54. The predicted octanol–water partition coefficient (Wildman–Crippen LogP) is 5.13. The van der Waals surface area contributed by atoms with Crippen LogP contribution in [0.2, 0.25) is 0 Å². The minimum Gasteiger partial charge on any atom is -0.462 e. The Kier molecular flexibility index (Phi) is 6.79. The Labute approximate surface area is 171 Å². The second kappa shape index (κ2) is 9.68. The van der Waals surface area contributed by atoms with Crippen LogP contribution < -0.4 is 10.6 Å².